The van der Waals surface area contributed by atoms with Gasteiger partial charge in [0.05, 0.1) is 6.61 Å². The second kappa shape index (κ2) is 5.66. The summed E-state index contributed by atoms with van der Waals surface area (Å²) in [6.07, 6.45) is 6.21. The number of aliphatic hydroxyl groups excluding tert-OH is 1. The molecule has 0 saturated carbocycles. The van der Waals surface area contributed by atoms with Gasteiger partial charge in [-0.05, 0) is 36.6 Å². The summed E-state index contributed by atoms with van der Waals surface area (Å²) in [5.74, 6) is 0. The SMILES string of the molecule is CCCn1cccc1C=C(CC)CO. The van der Waals surface area contributed by atoms with E-state index in [1.807, 2.05) is 6.07 Å². The van der Waals surface area contributed by atoms with Crippen LogP contribution in [0, 0.1) is 0 Å². The van der Waals surface area contributed by atoms with E-state index in [4.69, 9.17) is 5.11 Å². The normalized spacial score (nSPS) is 12.1. The van der Waals surface area contributed by atoms with Crippen molar-refractivity contribution in [3.8, 4) is 0 Å². The van der Waals surface area contributed by atoms with Gasteiger partial charge in [0.25, 0.3) is 0 Å². The van der Waals surface area contributed by atoms with Crippen molar-refractivity contribution >= 4 is 6.08 Å². The number of rotatable bonds is 5. The maximum Gasteiger partial charge on any atom is 0.0645 e. The summed E-state index contributed by atoms with van der Waals surface area (Å²) in [4.78, 5) is 0. The van der Waals surface area contributed by atoms with Crippen LogP contribution in [-0.4, -0.2) is 16.3 Å². The van der Waals surface area contributed by atoms with Crippen LogP contribution in [0.3, 0.4) is 0 Å². The first-order chi connectivity index (χ1) is 6.81. The highest BCUT2D eigenvalue weighted by molar-refractivity contribution is 5.49. The summed E-state index contributed by atoms with van der Waals surface area (Å²) in [7, 11) is 0. The zero-order valence-electron chi connectivity index (χ0n) is 9.03. The van der Waals surface area contributed by atoms with Gasteiger partial charge in [0, 0.05) is 18.4 Å². The van der Waals surface area contributed by atoms with E-state index in [0.717, 1.165) is 25.0 Å². The summed E-state index contributed by atoms with van der Waals surface area (Å²) in [5.41, 5.74) is 2.28. The number of hydrogen-bond donors (Lipinski definition) is 1. The van der Waals surface area contributed by atoms with Gasteiger partial charge in [0.2, 0.25) is 0 Å². The van der Waals surface area contributed by atoms with E-state index in [0.29, 0.717) is 0 Å². The van der Waals surface area contributed by atoms with E-state index in [-0.39, 0.29) is 6.61 Å². The van der Waals surface area contributed by atoms with Gasteiger partial charge < -0.3 is 9.67 Å². The molecule has 1 aromatic rings. The van der Waals surface area contributed by atoms with E-state index in [1.54, 1.807) is 0 Å². The molecule has 14 heavy (non-hydrogen) atoms. The largest absolute Gasteiger partial charge is 0.392 e. The second-order valence-corrected chi connectivity index (χ2v) is 3.44. The Morgan fingerprint density at radius 1 is 1.50 bits per heavy atom. The highest BCUT2D eigenvalue weighted by Crippen LogP contribution is 2.11. The maximum absolute atomic E-state index is 9.07. The van der Waals surface area contributed by atoms with E-state index >= 15 is 0 Å². The van der Waals surface area contributed by atoms with Crippen LogP contribution in [0.5, 0.6) is 0 Å². The predicted molar refractivity (Wildman–Crippen MR) is 60.1 cm³/mol. The highest BCUT2D eigenvalue weighted by Gasteiger charge is 1.98. The standard InChI is InChI=1S/C12H19NO/c1-3-7-13-8-5-6-12(13)9-11(4-2)10-14/h5-6,8-9,14H,3-4,7,10H2,1-2H3. The molecule has 0 radical (unpaired) electrons. The Labute approximate surface area is 85.9 Å². The molecule has 1 rings (SSSR count). The third kappa shape index (κ3) is 2.74. The molecule has 0 spiro atoms. The first-order valence-electron chi connectivity index (χ1n) is 5.27. The number of aromatic nitrogens is 1. The monoisotopic (exact) mass is 193 g/mol. The van der Waals surface area contributed by atoms with Crippen LogP contribution in [-0.2, 0) is 6.54 Å². The zero-order chi connectivity index (χ0) is 10.4. The van der Waals surface area contributed by atoms with Gasteiger partial charge in [-0.15, -0.1) is 0 Å². The lowest BCUT2D eigenvalue weighted by Crippen LogP contribution is -1.98. The lowest BCUT2D eigenvalue weighted by atomic mass is 10.2. The van der Waals surface area contributed by atoms with Gasteiger partial charge in [0.15, 0.2) is 0 Å². The molecule has 2 nitrogen and oxygen atoms in total. The van der Waals surface area contributed by atoms with Crippen LogP contribution in [0.15, 0.2) is 23.9 Å². The fourth-order valence-electron chi connectivity index (χ4n) is 1.47. The fourth-order valence-corrected chi connectivity index (χ4v) is 1.47. The van der Waals surface area contributed by atoms with Crippen LogP contribution >= 0.6 is 0 Å². The van der Waals surface area contributed by atoms with Crippen molar-refractivity contribution in [2.45, 2.75) is 33.2 Å². The van der Waals surface area contributed by atoms with E-state index < -0.39 is 0 Å². The Morgan fingerprint density at radius 2 is 2.29 bits per heavy atom. The Balaban J connectivity index is 2.83. The molecule has 0 aromatic carbocycles. The molecule has 0 aliphatic rings. The number of aliphatic hydroxyl groups is 1. The summed E-state index contributed by atoms with van der Waals surface area (Å²) in [6.45, 7) is 5.44. The Kier molecular flexibility index (Phi) is 4.47. The van der Waals surface area contributed by atoms with Gasteiger partial charge in [0.1, 0.15) is 0 Å². The molecule has 1 aromatic heterocycles. The molecule has 0 bridgehead atoms. The minimum atomic E-state index is 0.161. The topological polar surface area (TPSA) is 25.2 Å². The molecule has 2 heteroatoms. The Morgan fingerprint density at radius 3 is 2.86 bits per heavy atom. The van der Waals surface area contributed by atoms with Crippen LogP contribution in [0.1, 0.15) is 32.4 Å². The quantitative estimate of drug-likeness (QED) is 0.764. The molecule has 0 aliphatic carbocycles. The van der Waals surface area contributed by atoms with Crippen LogP contribution in [0.2, 0.25) is 0 Å². The summed E-state index contributed by atoms with van der Waals surface area (Å²) in [5, 5.41) is 9.07. The molecule has 0 saturated heterocycles. The van der Waals surface area contributed by atoms with E-state index in [9.17, 15) is 0 Å². The second-order valence-electron chi connectivity index (χ2n) is 3.44. The first-order valence-corrected chi connectivity index (χ1v) is 5.27. The molecular formula is C12H19NO. The Hall–Kier alpha value is -1.02. The molecule has 0 fully saturated rings. The van der Waals surface area contributed by atoms with Gasteiger partial charge in [-0.1, -0.05) is 13.8 Å². The molecule has 0 amide bonds. The van der Waals surface area contributed by atoms with Crippen LogP contribution in [0.4, 0.5) is 0 Å². The number of hydrogen-bond acceptors (Lipinski definition) is 1. The van der Waals surface area contributed by atoms with Crippen LogP contribution < -0.4 is 0 Å². The molecule has 1 N–H and O–H groups in total. The van der Waals surface area contributed by atoms with Crippen molar-refractivity contribution in [3.63, 3.8) is 0 Å². The molecule has 78 valence electrons. The average Bonchev–Trinajstić information content (AvgIpc) is 2.62. The fraction of sp³-hybridized carbons (Fsp3) is 0.500. The summed E-state index contributed by atoms with van der Waals surface area (Å²) in [6, 6.07) is 4.13. The van der Waals surface area contributed by atoms with Crippen molar-refractivity contribution in [3.05, 3.63) is 29.6 Å². The van der Waals surface area contributed by atoms with Gasteiger partial charge >= 0.3 is 0 Å². The minimum absolute atomic E-state index is 0.161. The van der Waals surface area contributed by atoms with Crippen molar-refractivity contribution in [1.82, 2.24) is 4.57 Å². The van der Waals surface area contributed by atoms with Gasteiger partial charge in [-0.2, -0.15) is 0 Å². The number of aryl methyl sites for hydroxylation is 1. The maximum atomic E-state index is 9.07. The van der Waals surface area contributed by atoms with Gasteiger partial charge in [-0.25, -0.2) is 0 Å². The average molecular weight is 193 g/mol. The van der Waals surface area contributed by atoms with Crippen molar-refractivity contribution in [2.75, 3.05) is 6.61 Å². The third-order valence-corrected chi connectivity index (χ3v) is 2.34. The number of nitrogens with zero attached hydrogens (tertiary/aromatic N) is 1. The smallest absolute Gasteiger partial charge is 0.0645 e. The van der Waals surface area contributed by atoms with Gasteiger partial charge in [-0.3, -0.25) is 0 Å². The Bertz CT molecular complexity index is 293. The lowest BCUT2D eigenvalue weighted by molar-refractivity contribution is 0.329. The van der Waals surface area contributed by atoms with Crippen LogP contribution in [0.25, 0.3) is 6.08 Å². The molecule has 1 heterocycles. The first kappa shape index (κ1) is 11.1. The molecular weight excluding hydrogens is 174 g/mol. The van der Waals surface area contributed by atoms with Crippen molar-refractivity contribution < 1.29 is 5.11 Å². The van der Waals surface area contributed by atoms with Crippen molar-refractivity contribution in [2.24, 2.45) is 0 Å². The highest BCUT2D eigenvalue weighted by atomic mass is 16.3. The predicted octanol–water partition coefficient (Wildman–Crippen LogP) is 2.68. The minimum Gasteiger partial charge on any atom is -0.392 e. The van der Waals surface area contributed by atoms with E-state index in [2.05, 4.69) is 36.8 Å². The molecule has 0 atom stereocenters. The lowest BCUT2D eigenvalue weighted by Gasteiger charge is -2.05. The van der Waals surface area contributed by atoms with Crippen molar-refractivity contribution in [1.29, 1.82) is 0 Å². The molecule has 0 unspecified atom stereocenters. The third-order valence-electron chi connectivity index (χ3n) is 2.34. The van der Waals surface area contributed by atoms with E-state index in [1.165, 1.54) is 5.69 Å². The zero-order valence-corrected chi connectivity index (χ0v) is 9.03. The summed E-state index contributed by atoms with van der Waals surface area (Å²) >= 11 is 0. The summed E-state index contributed by atoms with van der Waals surface area (Å²) < 4.78 is 2.21. The molecule has 0 aliphatic heterocycles.